The number of hydrogen-bond donors (Lipinski definition) is 10. The van der Waals surface area contributed by atoms with Crippen molar-refractivity contribution in [2.45, 2.75) is 67.1 Å². The van der Waals surface area contributed by atoms with Crippen LogP contribution in [0.4, 0.5) is 46.0 Å². The molecule has 14 rings (SSSR count). The van der Waals surface area contributed by atoms with Crippen molar-refractivity contribution in [2.24, 2.45) is 0 Å². The normalized spacial score (nSPS) is 12.0. The van der Waals surface area contributed by atoms with Crippen LogP contribution in [0.5, 0.6) is 0 Å². The Morgan fingerprint density at radius 2 is 0.748 bits per heavy atom. The van der Waals surface area contributed by atoms with Crippen LogP contribution in [0.25, 0.3) is 45.0 Å². The highest BCUT2D eigenvalue weighted by atomic mass is 35.5. The minimum absolute atomic E-state index is 0.0919. The number of pyridine rings is 8. The van der Waals surface area contributed by atoms with Crippen molar-refractivity contribution >= 4 is 122 Å². The number of nitrogens with zero attached hydrogens (tertiary/aromatic N) is 11. The second-order valence-corrected chi connectivity index (χ2v) is 29.1. The largest absolute Gasteiger partial charge is 0.392 e. The number of imidazole rings is 1. The lowest BCUT2D eigenvalue weighted by molar-refractivity contribution is -0.129. The third kappa shape index (κ3) is 24.7. The molecule has 1 aliphatic rings. The number of aromatic amines is 1. The molecular weight excluding hydrogens is 1590 g/mol. The van der Waals surface area contributed by atoms with Crippen LogP contribution in [0.2, 0.25) is 20.1 Å². The smallest absolute Gasteiger partial charge is 0.257 e. The number of carbonyl (C=O) groups excluding carboxylic acids is 5. The summed E-state index contributed by atoms with van der Waals surface area (Å²) in [6, 6.07) is 57.6. The number of aliphatic hydroxyl groups is 2. The Morgan fingerprint density at radius 3 is 1.03 bits per heavy atom. The highest BCUT2D eigenvalue weighted by Crippen LogP contribution is 2.35. The van der Waals surface area contributed by atoms with Gasteiger partial charge < -0.3 is 62.2 Å². The number of H-pyrrole nitrogens is 1. The first-order chi connectivity index (χ1) is 57.4. The van der Waals surface area contributed by atoms with Crippen LogP contribution < -0.4 is 42.1 Å². The average Bonchev–Trinajstić information content (AvgIpc) is 1.10. The minimum Gasteiger partial charge on any atom is -0.392 e. The van der Waals surface area contributed by atoms with Crippen molar-refractivity contribution < 1.29 is 34.2 Å². The van der Waals surface area contributed by atoms with E-state index in [-0.39, 0.29) is 29.5 Å². The SMILES string of the molecule is CC(=O)N1CCN(c2ccc(C(=O)Nc3ccc(Cl)c(-c4ccccn4)c3)c(C)n2)CC1.Cc1nc(NCCc2cnc[nH]2)ccc1C(=O)Nc1ccc(Cl)c(-c2ccccn2)c1.Cc1nc(NC[C@@H](C)O)ccc1C(=O)Nc1ccc(Cl)c(-c2ccccn2)c1.Cc1nc(NC[C@H](C)O)ccc1C(=O)Nc1ccc(Cl)c(-c2ccccn2)c1. The van der Waals surface area contributed by atoms with E-state index in [1.54, 1.807) is 175 Å². The summed E-state index contributed by atoms with van der Waals surface area (Å²) in [6.45, 7) is 16.4. The molecule has 10 N–H and O–H groups in total. The fraction of sp³-hybridized carbons (Fsp3) is 0.191. The molecule has 30 heteroatoms. The number of carbonyl (C=O) groups is 5. The lowest BCUT2D eigenvalue weighted by Gasteiger charge is -2.35. The Balaban J connectivity index is 0.000000156. The molecule has 608 valence electrons. The molecular formula is C89H87Cl4N19O7. The van der Waals surface area contributed by atoms with Crippen LogP contribution in [-0.4, -0.2) is 153 Å². The number of piperazine rings is 1. The van der Waals surface area contributed by atoms with Crippen LogP contribution in [0.15, 0.2) is 231 Å². The van der Waals surface area contributed by atoms with Gasteiger partial charge in [-0.2, -0.15) is 0 Å². The zero-order chi connectivity index (χ0) is 84.5. The van der Waals surface area contributed by atoms with Crippen LogP contribution in [0.1, 0.15) is 90.7 Å². The predicted molar refractivity (Wildman–Crippen MR) is 472 cm³/mol. The molecule has 119 heavy (non-hydrogen) atoms. The van der Waals surface area contributed by atoms with E-state index >= 15 is 0 Å². The van der Waals surface area contributed by atoms with Crippen molar-refractivity contribution in [1.29, 1.82) is 0 Å². The first kappa shape index (κ1) is 86.8. The van der Waals surface area contributed by atoms with Gasteiger partial charge in [-0.1, -0.05) is 70.7 Å². The molecule has 2 atom stereocenters. The molecule has 10 heterocycles. The third-order valence-corrected chi connectivity index (χ3v) is 19.7. The standard InChI is InChI=1S/C24H24ClN5O2.C23H21ClN6O.2C21H21ClN4O2/c1-16-19(7-9-23(27-16)30-13-11-29(12-14-30)17(2)31)24(32)28-18-6-8-21(25)20(15-18)22-5-3-4-10-26-22;1-15-18(6-8-22(29-15)27-11-9-17-13-25-14-28-17)23(31)30-16-5-7-20(24)19(12-16)21-4-2-3-10-26-21;2*1-13(27)12-24-20-9-7-16(14(2)25-20)21(28)26-15-6-8-18(22)17(11-15)19-5-3-4-10-23-19/h3-10,15H,11-14H2,1-2H3,(H,28,32);2-8,10,12-14H,9,11H2,1H3,(H,25,28)(H,27,29)(H,30,31);2*3-11,13,27H,12H2,1-2H3,(H,24,25)(H,26,28)/t;;2*13-/m..10/s1. The summed E-state index contributed by atoms with van der Waals surface area (Å²) in [5.41, 5.74) is 13.9. The highest BCUT2D eigenvalue weighted by Gasteiger charge is 2.23. The van der Waals surface area contributed by atoms with E-state index < -0.39 is 12.2 Å². The number of benzene rings is 4. The van der Waals surface area contributed by atoms with E-state index in [2.05, 4.69) is 92.0 Å². The number of hydrogen-bond acceptors (Lipinski definition) is 20. The second kappa shape index (κ2) is 42.2. The van der Waals surface area contributed by atoms with Gasteiger partial charge in [0.25, 0.3) is 23.6 Å². The predicted octanol–water partition coefficient (Wildman–Crippen LogP) is 17.1. The lowest BCUT2D eigenvalue weighted by atomic mass is 10.1. The van der Waals surface area contributed by atoms with Crippen LogP contribution in [-0.2, 0) is 11.2 Å². The van der Waals surface area contributed by atoms with Crippen LogP contribution >= 0.6 is 46.4 Å². The minimum atomic E-state index is -0.483. The summed E-state index contributed by atoms with van der Waals surface area (Å²) < 4.78 is 0. The summed E-state index contributed by atoms with van der Waals surface area (Å²) in [5, 5.41) is 41.8. The molecule has 5 amide bonds. The van der Waals surface area contributed by atoms with Crippen LogP contribution in [0, 0.1) is 27.7 Å². The fourth-order valence-electron chi connectivity index (χ4n) is 12.2. The molecule has 1 aliphatic heterocycles. The molecule has 0 radical (unpaired) electrons. The number of anilines is 8. The van der Waals surface area contributed by atoms with E-state index in [1.165, 1.54) is 0 Å². The van der Waals surface area contributed by atoms with Crippen molar-refractivity contribution in [2.75, 3.05) is 87.9 Å². The van der Waals surface area contributed by atoms with Gasteiger partial charge in [0.2, 0.25) is 5.91 Å². The van der Waals surface area contributed by atoms with Crippen molar-refractivity contribution in [3.05, 3.63) is 302 Å². The van der Waals surface area contributed by atoms with E-state index in [4.69, 9.17) is 46.4 Å². The molecule has 0 spiro atoms. The number of amides is 5. The zero-order valence-corrected chi connectivity index (χ0v) is 69.1. The summed E-state index contributed by atoms with van der Waals surface area (Å²) in [6.07, 6.45) is 10.1. The Morgan fingerprint density at radius 1 is 0.420 bits per heavy atom. The fourth-order valence-corrected chi connectivity index (χ4v) is 13.1. The third-order valence-electron chi connectivity index (χ3n) is 18.4. The van der Waals surface area contributed by atoms with E-state index in [0.29, 0.717) is 132 Å². The van der Waals surface area contributed by atoms with Gasteiger partial charge in [-0.3, -0.25) is 43.9 Å². The molecule has 0 aliphatic carbocycles. The van der Waals surface area contributed by atoms with Crippen LogP contribution in [0.3, 0.4) is 0 Å². The molecule has 0 saturated carbocycles. The maximum atomic E-state index is 12.9. The first-order valence-corrected chi connectivity index (χ1v) is 39.5. The maximum Gasteiger partial charge on any atom is 0.257 e. The van der Waals surface area contributed by atoms with Crippen molar-refractivity contribution in [3.8, 4) is 45.0 Å². The van der Waals surface area contributed by atoms with Gasteiger partial charge >= 0.3 is 0 Å². The zero-order valence-electron chi connectivity index (χ0n) is 66.1. The molecule has 13 aromatic rings. The number of aryl methyl sites for hydroxylation is 4. The summed E-state index contributed by atoms with van der Waals surface area (Å²) in [5.74, 6) is 1.85. The molecule has 4 aromatic carbocycles. The Labute approximate surface area is 708 Å². The summed E-state index contributed by atoms with van der Waals surface area (Å²) in [4.78, 5) is 109. The topological polar surface area (TPSA) is 348 Å². The van der Waals surface area contributed by atoms with Gasteiger partial charge in [0.05, 0.1) is 106 Å². The van der Waals surface area contributed by atoms with Gasteiger partial charge in [0.15, 0.2) is 0 Å². The van der Waals surface area contributed by atoms with Crippen molar-refractivity contribution in [3.63, 3.8) is 0 Å². The molecule has 0 unspecified atom stereocenters. The van der Waals surface area contributed by atoms with Gasteiger partial charge in [-0.05, 0) is 211 Å². The number of nitrogens with one attached hydrogen (secondary N) is 8. The molecule has 9 aromatic heterocycles. The second-order valence-electron chi connectivity index (χ2n) is 27.5. The van der Waals surface area contributed by atoms with Gasteiger partial charge in [0.1, 0.15) is 23.3 Å². The number of halogens is 4. The lowest BCUT2D eigenvalue weighted by Crippen LogP contribution is -2.48. The Hall–Kier alpha value is -13.1. The monoisotopic (exact) mass is 1670 g/mol. The van der Waals surface area contributed by atoms with E-state index in [9.17, 15) is 34.2 Å². The molecule has 1 fully saturated rings. The van der Waals surface area contributed by atoms with Gasteiger partial charge in [-0.15, -0.1) is 0 Å². The quantitative estimate of drug-likeness (QED) is 0.0284. The van der Waals surface area contributed by atoms with Crippen molar-refractivity contribution in [1.82, 2.24) is 54.7 Å². The van der Waals surface area contributed by atoms with Gasteiger partial charge in [-0.25, -0.2) is 24.9 Å². The summed E-state index contributed by atoms with van der Waals surface area (Å²) in [7, 11) is 0. The first-order valence-electron chi connectivity index (χ1n) is 37.9. The molecule has 1 saturated heterocycles. The van der Waals surface area contributed by atoms with E-state index in [1.807, 2.05) is 110 Å². The number of aliphatic hydroxyl groups excluding tert-OH is 2. The van der Waals surface area contributed by atoms with Gasteiger partial charge in [0, 0.05) is 141 Å². The Kier molecular flexibility index (Phi) is 30.7. The number of aromatic nitrogens is 10. The van der Waals surface area contributed by atoms with E-state index in [0.717, 1.165) is 81.9 Å². The summed E-state index contributed by atoms with van der Waals surface area (Å²) >= 11 is 25.2. The maximum absolute atomic E-state index is 12.9. The number of rotatable bonds is 23. The molecule has 0 bridgehead atoms. The average molecular weight is 1680 g/mol. The molecule has 26 nitrogen and oxygen atoms in total. The highest BCUT2D eigenvalue weighted by molar-refractivity contribution is 6.35. The Bertz CT molecular complexity index is 5500.